The summed E-state index contributed by atoms with van der Waals surface area (Å²) in [6.07, 6.45) is -25.1. The fraction of sp³-hybridized carbons (Fsp3) is 0.667. The molecule has 0 aliphatic heterocycles. The highest BCUT2D eigenvalue weighted by Gasteiger charge is 2.70. The molecule has 0 heterocycles. The van der Waals surface area contributed by atoms with E-state index in [9.17, 15) is 80.2 Å². The van der Waals surface area contributed by atoms with Gasteiger partial charge in [-0.05, 0) is 73.1 Å². The number of esters is 3. The maximum atomic E-state index is 13.8. The van der Waals surface area contributed by atoms with Crippen molar-refractivity contribution >= 4 is 17.9 Å². The summed E-state index contributed by atoms with van der Waals surface area (Å²) in [6.45, 7) is 1.17. The van der Waals surface area contributed by atoms with Gasteiger partial charge >= 0.3 is 54.2 Å². The van der Waals surface area contributed by atoms with Gasteiger partial charge < -0.3 is 14.2 Å². The van der Waals surface area contributed by atoms with Gasteiger partial charge in [0.1, 0.15) is 18.0 Å². The molecule has 3 aliphatic carbocycles. The Morgan fingerprint density at radius 3 is 1.73 bits per heavy atom. The second-order valence-electron chi connectivity index (χ2n) is 11.9. The van der Waals surface area contributed by atoms with Crippen molar-refractivity contribution in [2.45, 2.75) is 93.5 Å². The monoisotopic (exact) mass is 726 g/mol. The van der Waals surface area contributed by atoms with Gasteiger partial charge in [-0.1, -0.05) is 13.0 Å². The Balaban J connectivity index is 1.64. The van der Waals surface area contributed by atoms with Crippen molar-refractivity contribution in [3.63, 3.8) is 0 Å². The van der Waals surface area contributed by atoms with Gasteiger partial charge in [-0.15, -0.1) is 0 Å². The van der Waals surface area contributed by atoms with E-state index in [0.717, 1.165) is 12.1 Å². The van der Waals surface area contributed by atoms with Crippen LogP contribution in [0.2, 0.25) is 0 Å². The molecule has 0 aromatic heterocycles. The highest BCUT2D eigenvalue weighted by molar-refractivity contribution is 5.81. The fourth-order valence-electron chi connectivity index (χ4n) is 6.81. The van der Waals surface area contributed by atoms with Crippen LogP contribution in [0.25, 0.3) is 0 Å². The molecule has 21 heteroatoms. The van der Waals surface area contributed by atoms with Crippen LogP contribution in [0.5, 0.6) is 5.75 Å². The van der Waals surface area contributed by atoms with Crippen LogP contribution in [0, 0.1) is 17.3 Å². The summed E-state index contributed by atoms with van der Waals surface area (Å²) >= 11 is 0. The molecule has 0 bridgehead atoms. The summed E-state index contributed by atoms with van der Waals surface area (Å²) in [7, 11) is 0. The van der Waals surface area contributed by atoms with E-state index in [1.54, 1.807) is 0 Å². The van der Waals surface area contributed by atoms with Gasteiger partial charge in [0.05, 0.1) is 0 Å². The van der Waals surface area contributed by atoms with E-state index in [2.05, 4.69) is 14.2 Å². The molecule has 0 amide bonds. The van der Waals surface area contributed by atoms with Gasteiger partial charge in [0.25, 0.3) is 0 Å². The van der Waals surface area contributed by atoms with E-state index in [0.29, 0.717) is 5.56 Å². The summed E-state index contributed by atoms with van der Waals surface area (Å²) < 4.78 is 209. The van der Waals surface area contributed by atoms with Crippen LogP contribution < -0.4 is 4.74 Å². The second-order valence-corrected chi connectivity index (χ2v) is 11.9. The minimum Gasteiger partial charge on any atom is -0.454 e. The summed E-state index contributed by atoms with van der Waals surface area (Å²) in [6, 6.07) is 3.06. The third-order valence-electron chi connectivity index (χ3n) is 9.15. The Morgan fingerprint density at radius 2 is 1.21 bits per heavy atom. The first-order valence-electron chi connectivity index (χ1n) is 13.7. The average Bonchev–Trinajstić information content (AvgIpc) is 3.21. The fourth-order valence-corrected chi connectivity index (χ4v) is 6.81. The van der Waals surface area contributed by atoms with Gasteiger partial charge in [-0.25, -0.2) is 14.4 Å². The van der Waals surface area contributed by atoms with Crippen molar-refractivity contribution in [2.24, 2.45) is 17.3 Å². The maximum Gasteiger partial charge on any atom is 0.465 e. The lowest BCUT2D eigenvalue weighted by Gasteiger charge is -2.50. The molecule has 2 saturated carbocycles. The van der Waals surface area contributed by atoms with Crippen LogP contribution in [0.3, 0.4) is 0 Å². The quantitative estimate of drug-likeness (QED) is 0.172. The van der Waals surface area contributed by atoms with Crippen LogP contribution >= 0.6 is 0 Å². The van der Waals surface area contributed by atoms with E-state index >= 15 is 0 Å². The minimum absolute atomic E-state index is 0.00673. The van der Waals surface area contributed by atoms with Gasteiger partial charge in [-0.2, -0.15) is 65.9 Å². The van der Waals surface area contributed by atoms with Crippen molar-refractivity contribution in [1.29, 1.82) is 0 Å². The predicted molar refractivity (Wildman–Crippen MR) is 125 cm³/mol. The Labute approximate surface area is 258 Å². The number of halogens is 15. The van der Waals surface area contributed by atoms with Crippen LogP contribution in [0.4, 0.5) is 65.9 Å². The lowest BCUT2D eigenvalue weighted by atomic mass is 9.55. The van der Waals surface area contributed by atoms with E-state index in [1.807, 2.05) is 0 Å². The standard InChI is InChI=1S/C27H21F15O6/c1-21-7-6-13-12-5-3-11(46-18(43)22(28,29)25(34,35)36)8-10(12)2-4-14(13)15(21)9-16(47-19(44)23(30,31)26(37,38)39)17(21)48-20(45)24(32,33)27(40,41)42/h3,5,8,13-17H,2,4,6-7,9H2,1H3. The Hall–Kier alpha value is -3.42. The predicted octanol–water partition coefficient (Wildman–Crippen LogP) is 7.47. The third-order valence-corrected chi connectivity index (χ3v) is 9.15. The highest BCUT2D eigenvalue weighted by Crippen LogP contribution is 2.62. The molecule has 0 N–H and O–H groups in total. The second kappa shape index (κ2) is 11.6. The number of benzene rings is 1. The van der Waals surface area contributed by atoms with E-state index in [1.165, 1.54) is 13.0 Å². The molecule has 48 heavy (non-hydrogen) atoms. The number of ether oxygens (including phenoxy) is 3. The number of carbonyl (C=O) groups is 3. The number of carbonyl (C=O) groups excluding carboxylic acids is 3. The SMILES string of the molecule is CC12CCC3c4ccc(OC(=O)C(F)(F)C(F)(F)F)cc4CCC3C1CC(OC(=O)C(F)(F)C(F)(F)F)C2OC(=O)C(F)(F)C(F)(F)F. The number of hydrogen-bond acceptors (Lipinski definition) is 6. The zero-order chi connectivity index (χ0) is 36.6. The normalized spacial score (nSPS) is 28.1. The minimum atomic E-state index is -6.50. The van der Waals surface area contributed by atoms with Crippen molar-refractivity contribution in [3.05, 3.63) is 29.3 Å². The van der Waals surface area contributed by atoms with E-state index < -0.39 is 102 Å². The number of hydrogen-bond donors (Lipinski definition) is 0. The maximum absolute atomic E-state index is 13.8. The smallest absolute Gasteiger partial charge is 0.454 e. The molecule has 0 saturated heterocycles. The largest absolute Gasteiger partial charge is 0.465 e. The van der Waals surface area contributed by atoms with Gasteiger partial charge in [-0.3, -0.25) is 0 Å². The molecule has 1 aromatic carbocycles. The molecule has 2 fully saturated rings. The Morgan fingerprint density at radius 1 is 0.708 bits per heavy atom. The zero-order valence-corrected chi connectivity index (χ0v) is 23.8. The third kappa shape index (κ3) is 6.13. The average molecular weight is 726 g/mol. The molecule has 6 unspecified atom stereocenters. The first kappa shape index (κ1) is 37.4. The molecule has 0 spiro atoms. The topological polar surface area (TPSA) is 78.9 Å². The molecular formula is C27H21F15O6. The Bertz CT molecular complexity index is 1450. The summed E-state index contributed by atoms with van der Waals surface area (Å²) in [5, 5.41) is 0. The molecule has 6 atom stereocenters. The first-order valence-corrected chi connectivity index (χ1v) is 13.7. The van der Waals surface area contributed by atoms with E-state index in [-0.39, 0.29) is 31.2 Å². The molecule has 3 aliphatic rings. The summed E-state index contributed by atoms with van der Waals surface area (Å²) in [5.74, 6) is -30.6. The number of alkyl halides is 15. The highest BCUT2D eigenvalue weighted by atomic mass is 19.4. The van der Waals surface area contributed by atoms with Crippen molar-refractivity contribution < 1.29 is 94.5 Å². The summed E-state index contributed by atoms with van der Waals surface area (Å²) in [5.41, 5.74) is -1.07. The molecule has 0 radical (unpaired) electrons. The van der Waals surface area contributed by atoms with Gasteiger partial charge in [0.15, 0.2) is 0 Å². The lowest BCUT2D eigenvalue weighted by Crippen LogP contribution is -2.53. The number of fused-ring (bicyclic) bond motifs is 5. The number of rotatable bonds is 6. The van der Waals surface area contributed by atoms with Crippen molar-refractivity contribution in [1.82, 2.24) is 0 Å². The first-order chi connectivity index (χ1) is 21.6. The summed E-state index contributed by atoms with van der Waals surface area (Å²) in [4.78, 5) is 35.5. The van der Waals surface area contributed by atoms with Gasteiger partial charge in [0.2, 0.25) is 0 Å². The number of aryl methyl sites for hydroxylation is 1. The molecular weight excluding hydrogens is 705 g/mol. The van der Waals surface area contributed by atoms with Crippen molar-refractivity contribution in [2.75, 3.05) is 0 Å². The van der Waals surface area contributed by atoms with Crippen LogP contribution in [0.1, 0.15) is 49.7 Å². The van der Waals surface area contributed by atoms with Crippen LogP contribution in [-0.4, -0.2) is 66.4 Å². The van der Waals surface area contributed by atoms with Crippen LogP contribution in [-0.2, 0) is 30.3 Å². The molecule has 1 aromatic rings. The lowest BCUT2D eigenvalue weighted by molar-refractivity contribution is -0.290. The van der Waals surface area contributed by atoms with Gasteiger partial charge in [0, 0.05) is 5.41 Å². The van der Waals surface area contributed by atoms with E-state index in [4.69, 9.17) is 0 Å². The molecule has 6 nitrogen and oxygen atoms in total. The van der Waals surface area contributed by atoms with Crippen LogP contribution in [0.15, 0.2) is 18.2 Å². The van der Waals surface area contributed by atoms with Crippen molar-refractivity contribution in [3.8, 4) is 5.75 Å². The molecule has 4 rings (SSSR count). The molecule has 270 valence electrons. The zero-order valence-electron chi connectivity index (χ0n) is 23.8. The Kier molecular flexibility index (Phi) is 9.03.